The van der Waals surface area contributed by atoms with E-state index in [-0.39, 0.29) is 0 Å². The van der Waals surface area contributed by atoms with Crippen LogP contribution >= 0.6 is 0 Å². The molecule has 0 saturated heterocycles. The summed E-state index contributed by atoms with van der Waals surface area (Å²) in [5.41, 5.74) is 14.5. The van der Waals surface area contributed by atoms with Gasteiger partial charge in [0, 0.05) is 32.9 Å². The highest BCUT2D eigenvalue weighted by Crippen LogP contribution is 2.37. The standard InChI is InChI=1S/C48H32N2/c1-2-10-33(11-3-1)34-18-20-35(21-19-34)36-22-27-40(28-23-36)50-47-17-9-6-14-43(47)44-32-38(26-31-48(44)50)37-24-29-39(30-25-37)49-45-15-7-4-12-41(45)42-13-5-8-16-46(42)49/h1-32H. The zero-order chi connectivity index (χ0) is 33.0. The van der Waals surface area contributed by atoms with E-state index in [1.54, 1.807) is 0 Å². The predicted octanol–water partition coefficient (Wildman–Crippen LogP) is 12.9. The Hall–Kier alpha value is -6.64. The van der Waals surface area contributed by atoms with Crippen LogP contribution in [0.15, 0.2) is 194 Å². The summed E-state index contributed by atoms with van der Waals surface area (Å²) in [6, 6.07) is 70.3. The number of nitrogens with zero attached hydrogens (tertiary/aromatic N) is 2. The van der Waals surface area contributed by atoms with Gasteiger partial charge in [0.25, 0.3) is 0 Å². The molecule has 0 aliphatic carbocycles. The van der Waals surface area contributed by atoms with Gasteiger partial charge in [-0.2, -0.15) is 0 Å². The summed E-state index contributed by atoms with van der Waals surface area (Å²) in [7, 11) is 0. The van der Waals surface area contributed by atoms with Crippen LogP contribution in [0, 0.1) is 0 Å². The molecule has 2 heteroatoms. The minimum Gasteiger partial charge on any atom is -0.309 e. The number of benzene rings is 8. The highest BCUT2D eigenvalue weighted by atomic mass is 15.0. The first-order chi connectivity index (χ1) is 24.8. The number of fused-ring (bicyclic) bond motifs is 6. The van der Waals surface area contributed by atoms with Gasteiger partial charge in [-0.1, -0.05) is 140 Å². The van der Waals surface area contributed by atoms with Crippen LogP contribution in [-0.2, 0) is 0 Å². The zero-order valence-corrected chi connectivity index (χ0v) is 27.4. The molecule has 0 bridgehead atoms. The third-order valence-corrected chi connectivity index (χ3v) is 10.2. The molecule has 0 unspecified atom stereocenters. The summed E-state index contributed by atoms with van der Waals surface area (Å²) in [5.74, 6) is 0. The van der Waals surface area contributed by atoms with Crippen LogP contribution in [0.4, 0.5) is 0 Å². The molecular weight excluding hydrogens is 605 g/mol. The molecule has 0 saturated carbocycles. The molecule has 0 aliphatic rings. The first-order valence-corrected chi connectivity index (χ1v) is 17.2. The molecule has 2 nitrogen and oxygen atoms in total. The van der Waals surface area contributed by atoms with Gasteiger partial charge in [-0.15, -0.1) is 0 Å². The van der Waals surface area contributed by atoms with E-state index in [1.165, 1.54) is 82.7 Å². The normalized spacial score (nSPS) is 11.6. The van der Waals surface area contributed by atoms with E-state index in [4.69, 9.17) is 0 Å². The van der Waals surface area contributed by atoms with Crippen LogP contribution in [0.2, 0.25) is 0 Å². The Morgan fingerprint density at radius 1 is 0.220 bits per heavy atom. The van der Waals surface area contributed by atoms with E-state index in [9.17, 15) is 0 Å². The van der Waals surface area contributed by atoms with Gasteiger partial charge in [0.2, 0.25) is 0 Å². The molecule has 0 spiro atoms. The smallest absolute Gasteiger partial charge is 0.0541 e. The Morgan fingerprint density at radius 3 is 1.02 bits per heavy atom. The Balaban J connectivity index is 1.01. The number of para-hydroxylation sites is 3. The molecule has 50 heavy (non-hydrogen) atoms. The van der Waals surface area contributed by atoms with E-state index in [2.05, 4.69) is 203 Å². The van der Waals surface area contributed by atoms with Crippen LogP contribution in [0.3, 0.4) is 0 Å². The fourth-order valence-corrected chi connectivity index (χ4v) is 7.72. The summed E-state index contributed by atoms with van der Waals surface area (Å²) in [4.78, 5) is 0. The molecule has 0 aliphatic heterocycles. The van der Waals surface area contributed by atoms with Crippen molar-refractivity contribution in [2.24, 2.45) is 0 Å². The van der Waals surface area contributed by atoms with Crippen molar-refractivity contribution in [3.8, 4) is 44.8 Å². The molecule has 2 heterocycles. The maximum atomic E-state index is 2.39. The molecule has 0 amide bonds. The van der Waals surface area contributed by atoms with Crippen molar-refractivity contribution in [1.29, 1.82) is 0 Å². The minimum absolute atomic E-state index is 1.16. The van der Waals surface area contributed by atoms with Gasteiger partial charge >= 0.3 is 0 Å². The average Bonchev–Trinajstić information content (AvgIpc) is 3.71. The van der Waals surface area contributed by atoms with Crippen LogP contribution in [0.25, 0.3) is 88.4 Å². The van der Waals surface area contributed by atoms with E-state index in [1.807, 2.05) is 0 Å². The van der Waals surface area contributed by atoms with Crippen molar-refractivity contribution in [3.05, 3.63) is 194 Å². The lowest BCUT2D eigenvalue weighted by molar-refractivity contribution is 1.18. The highest BCUT2D eigenvalue weighted by molar-refractivity contribution is 6.11. The number of hydrogen-bond acceptors (Lipinski definition) is 0. The van der Waals surface area contributed by atoms with Gasteiger partial charge in [0.15, 0.2) is 0 Å². The molecule has 0 fully saturated rings. The summed E-state index contributed by atoms with van der Waals surface area (Å²) >= 11 is 0. The molecule has 0 N–H and O–H groups in total. The Kier molecular flexibility index (Phi) is 6.53. The van der Waals surface area contributed by atoms with Crippen molar-refractivity contribution in [2.75, 3.05) is 0 Å². The minimum atomic E-state index is 1.16. The van der Waals surface area contributed by atoms with Crippen molar-refractivity contribution in [1.82, 2.24) is 9.13 Å². The fourth-order valence-electron chi connectivity index (χ4n) is 7.72. The van der Waals surface area contributed by atoms with Crippen molar-refractivity contribution < 1.29 is 0 Å². The fraction of sp³-hybridized carbons (Fsp3) is 0. The first-order valence-electron chi connectivity index (χ1n) is 17.2. The summed E-state index contributed by atoms with van der Waals surface area (Å²) < 4.78 is 4.76. The Morgan fingerprint density at radius 2 is 0.540 bits per heavy atom. The lowest BCUT2D eigenvalue weighted by Crippen LogP contribution is -1.94. The van der Waals surface area contributed by atoms with Gasteiger partial charge in [-0.25, -0.2) is 0 Å². The van der Waals surface area contributed by atoms with E-state index >= 15 is 0 Å². The van der Waals surface area contributed by atoms with Gasteiger partial charge < -0.3 is 9.13 Å². The zero-order valence-electron chi connectivity index (χ0n) is 27.4. The van der Waals surface area contributed by atoms with Gasteiger partial charge in [-0.3, -0.25) is 0 Å². The summed E-state index contributed by atoms with van der Waals surface area (Å²) in [6.07, 6.45) is 0. The molecule has 10 rings (SSSR count). The van der Waals surface area contributed by atoms with Crippen molar-refractivity contribution in [3.63, 3.8) is 0 Å². The second kappa shape index (κ2) is 11.5. The number of aromatic nitrogens is 2. The van der Waals surface area contributed by atoms with Crippen LogP contribution < -0.4 is 0 Å². The van der Waals surface area contributed by atoms with Crippen LogP contribution in [0.5, 0.6) is 0 Å². The van der Waals surface area contributed by atoms with Gasteiger partial charge in [0.05, 0.1) is 22.1 Å². The number of hydrogen-bond donors (Lipinski definition) is 0. The van der Waals surface area contributed by atoms with Crippen LogP contribution in [0.1, 0.15) is 0 Å². The molecule has 10 aromatic rings. The highest BCUT2D eigenvalue weighted by Gasteiger charge is 2.15. The molecule has 0 atom stereocenters. The third-order valence-electron chi connectivity index (χ3n) is 10.2. The van der Waals surface area contributed by atoms with Crippen molar-refractivity contribution >= 4 is 43.6 Å². The lowest BCUT2D eigenvalue weighted by atomic mass is 10.0. The summed E-state index contributed by atoms with van der Waals surface area (Å²) in [5, 5.41) is 5.07. The second-order valence-electron chi connectivity index (χ2n) is 13.0. The van der Waals surface area contributed by atoms with Gasteiger partial charge in [-0.05, 0) is 88.0 Å². The quantitative estimate of drug-likeness (QED) is 0.178. The predicted molar refractivity (Wildman–Crippen MR) is 211 cm³/mol. The van der Waals surface area contributed by atoms with E-state index in [0.29, 0.717) is 0 Å². The largest absolute Gasteiger partial charge is 0.309 e. The average molecular weight is 637 g/mol. The number of rotatable bonds is 5. The molecule has 234 valence electrons. The maximum absolute atomic E-state index is 2.39. The topological polar surface area (TPSA) is 9.86 Å². The van der Waals surface area contributed by atoms with Crippen LogP contribution in [-0.4, -0.2) is 9.13 Å². The molecular formula is C48H32N2. The monoisotopic (exact) mass is 636 g/mol. The maximum Gasteiger partial charge on any atom is 0.0541 e. The molecule has 8 aromatic carbocycles. The molecule has 2 aromatic heterocycles. The molecule has 0 radical (unpaired) electrons. The third kappa shape index (κ3) is 4.57. The van der Waals surface area contributed by atoms with Gasteiger partial charge in [0.1, 0.15) is 0 Å². The Labute approximate surface area is 290 Å². The first kappa shape index (κ1) is 28.4. The lowest BCUT2D eigenvalue weighted by Gasteiger charge is -2.11. The second-order valence-corrected chi connectivity index (χ2v) is 13.0. The Bertz CT molecular complexity index is 2770. The van der Waals surface area contributed by atoms with Crippen molar-refractivity contribution in [2.45, 2.75) is 0 Å². The SMILES string of the molecule is c1ccc(-c2ccc(-c3ccc(-n4c5ccccc5c5cc(-c6ccc(-n7c8ccccc8c8ccccc87)cc6)ccc54)cc3)cc2)cc1. The van der Waals surface area contributed by atoms with E-state index in [0.717, 1.165) is 5.69 Å². The van der Waals surface area contributed by atoms with E-state index < -0.39 is 0 Å². The summed E-state index contributed by atoms with van der Waals surface area (Å²) in [6.45, 7) is 0.